The van der Waals surface area contributed by atoms with Crippen LogP contribution in [0.25, 0.3) is 0 Å². The first-order valence-corrected chi connectivity index (χ1v) is 11.5. The summed E-state index contributed by atoms with van der Waals surface area (Å²) in [7, 11) is 0. The van der Waals surface area contributed by atoms with Gasteiger partial charge < -0.3 is 10.2 Å². The average Bonchev–Trinajstić information content (AvgIpc) is 2.82. The molecule has 0 saturated carbocycles. The predicted octanol–water partition coefficient (Wildman–Crippen LogP) is 5.94. The fourth-order valence-corrected chi connectivity index (χ4v) is 4.45. The second kappa shape index (κ2) is 10.2. The van der Waals surface area contributed by atoms with Crippen molar-refractivity contribution in [2.75, 3.05) is 16.8 Å². The van der Waals surface area contributed by atoms with Crippen molar-refractivity contribution < 1.29 is 4.79 Å². The molecule has 0 bridgehead atoms. The summed E-state index contributed by atoms with van der Waals surface area (Å²) < 4.78 is 0. The van der Waals surface area contributed by atoms with Crippen molar-refractivity contribution in [3.05, 3.63) is 93.0 Å². The van der Waals surface area contributed by atoms with Gasteiger partial charge in [0.15, 0.2) is 5.11 Å². The quantitative estimate of drug-likeness (QED) is 0.438. The highest BCUT2D eigenvalue weighted by atomic mass is 35.5. The van der Waals surface area contributed by atoms with E-state index in [1.165, 1.54) is 0 Å². The fourth-order valence-electron chi connectivity index (χ4n) is 3.93. The number of nitriles is 1. The van der Waals surface area contributed by atoms with Gasteiger partial charge in [-0.1, -0.05) is 47.5 Å². The molecule has 0 unspecified atom stereocenters. The Morgan fingerprint density at radius 2 is 1.88 bits per heavy atom. The minimum Gasteiger partial charge on any atom is -0.367 e. The van der Waals surface area contributed by atoms with Crippen molar-refractivity contribution in [1.29, 1.82) is 5.26 Å². The average molecular weight is 495 g/mol. The highest BCUT2D eigenvalue weighted by Gasteiger charge is 2.22. The molecular weight excluding hydrogens is 475 g/mol. The van der Waals surface area contributed by atoms with Gasteiger partial charge in [0, 0.05) is 24.3 Å². The van der Waals surface area contributed by atoms with Crippen LogP contribution in [0, 0.1) is 11.3 Å². The molecule has 166 valence electrons. The number of thiocarbonyl (C=S) groups is 1. The minimum absolute atomic E-state index is 0.142. The van der Waals surface area contributed by atoms with Crippen LogP contribution in [0.2, 0.25) is 10.0 Å². The highest BCUT2D eigenvalue weighted by Crippen LogP contribution is 2.35. The van der Waals surface area contributed by atoms with Gasteiger partial charge in [-0.15, -0.1) is 0 Å². The Morgan fingerprint density at radius 3 is 2.61 bits per heavy atom. The maximum absolute atomic E-state index is 12.4. The monoisotopic (exact) mass is 494 g/mol. The van der Waals surface area contributed by atoms with Gasteiger partial charge in [0.2, 0.25) is 0 Å². The third kappa shape index (κ3) is 5.28. The van der Waals surface area contributed by atoms with Crippen molar-refractivity contribution in [1.82, 2.24) is 5.32 Å². The van der Waals surface area contributed by atoms with Crippen molar-refractivity contribution in [2.24, 2.45) is 0 Å². The maximum Gasteiger partial charge on any atom is 0.257 e. The summed E-state index contributed by atoms with van der Waals surface area (Å²) >= 11 is 17.5. The summed E-state index contributed by atoms with van der Waals surface area (Å²) in [6.07, 6.45) is 1.70. The topological polar surface area (TPSA) is 68.2 Å². The summed E-state index contributed by atoms with van der Waals surface area (Å²) in [5.41, 5.74) is 4.63. The minimum atomic E-state index is -0.308. The number of halogens is 2. The largest absolute Gasteiger partial charge is 0.367 e. The second-order valence-electron chi connectivity index (χ2n) is 7.65. The Kier molecular flexibility index (Phi) is 7.14. The standard InChI is InChI=1S/C25H20Cl2N4OS/c26-20-9-8-16(13-21(20)27)15-31-12-4-7-18-19(14-28)22(10-11-23(18)31)29-25(33)30-24(32)17-5-2-1-3-6-17/h1-3,5-6,8-11,13H,4,7,12,15H2,(H2,29,30,32,33). The molecule has 33 heavy (non-hydrogen) atoms. The summed E-state index contributed by atoms with van der Waals surface area (Å²) in [5.74, 6) is -0.308. The van der Waals surface area contributed by atoms with E-state index in [2.05, 4.69) is 21.6 Å². The molecule has 0 radical (unpaired) electrons. The van der Waals surface area contributed by atoms with Crippen LogP contribution in [-0.4, -0.2) is 17.6 Å². The Hall–Kier alpha value is -3.11. The van der Waals surface area contributed by atoms with E-state index < -0.39 is 0 Å². The summed E-state index contributed by atoms with van der Waals surface area (Å²) in [5, 5.41) is 16.8. The van der Waals surface area contributed by atoms with Crippen LogP contribution in [0.3, 0.4) is 0 Å². The number of fused-ring (bicyclic) bond motifs is 1. The lowest BCUT2D eigenvalue weighted by atomic mass is 9.95. The lowest BCUT2D eigenvalue weighted by Crippen LogP contribution is -2.34. The third-order valence-electron chi connectivity index (χ3n) is 5.46. The molecule has 2 N–H and O–H groups in total. The number of nitrogens with zero attached hydrogens (tertiary/aromatic N) is 2. The number of carbonyl (C=O) groups excluding carboxylic acids is 1. The van der Waals surface area contributed by atoms with Gasteiger partial charge in [-0.25, -0.2) is 0 Å². The molecule has 4 rings (SSSR count). The van der Waals surface area contributed by atoms with Crippen LogP contribution < -0.4 is 15.5 Å². The number of benzene rings is 3. The summed E-state index contributed by atoms with van der Waals surface area (Å²) in [6, 6.07) is 20.6. The van der Waals surface area contributed by atoms with Crippen LogP contribution in [0.15, 0.2) is 60.7 Å². The van der Waals surface area contributed by atoms with Crippen molar-refractivity contribution in [3.8, 4) is 6.07 Å². The molecule has 1 aliphatic rings. The normalized spacial score (nSPS) is 12.5. The van der Waals surface area contributed by atoms with Crippen molar-refractivity contribution in [3.63, 3.8) is 0 Å². The number of rotatable bonds is 4. The van der Waals surface area contributed by atoms with Gasteiger partial charge in [-0.2, -0.15) is 5.26 Å². The predicted molar refractivity (Wildman–Crippen MR) is 137 cm³/mol. The summed E-state index contributed by atoms with van der Waals surface area (Å²) in [6.45, 7) is 1.53. The van der Waals surface area contributed by atoms with E-state index in [1.54, 1.807) is 30.3 Å². The summed E-state index contributed by atoms with van der Waals surface area (Å²) in [4.78, 5) is 14.6. The number of hydrogen-bond acceptors (Lipinski definition) is 4. The molecule has 0 aliphatic carbocycles. The van der Waals surface area contributed by atoms with Gasteiger partial charge >= 0.3 is 0 Å². The molecule has 0 fully saturated rings. The van der Waals surface area contributed by atoms with E-state index in [1.807, 2.05) is 30.3 Å². The van der Waals surface area contributed by atoms with Gasteiger partial charge in [0.25, 0.3) is 5.91 Å². The molecular formula is C25H20Cl2N4OS. The van der Waals surface area contributed by atoms with Crippen LogP contribution in [-0.2, 0) is 13.0 Å². The van der Waals surface area contributed by atoms with Gasteiger partial charge in [-0.05, 0) is 72.6 Å². The first-order valence-electron chi connectivity index (χ1n) is 10.4. The highest BCUT2D eigenvalue weighted by molar-refractivity contribution is 7.80. The number of carbonyl (C=O) groups is 1. The van der Waals surface area contributed by atoms with E-state index in [-0.39, 0.29) is 11.0 Å². The van der Waals surface area contributed by atoms with Crippen LogP contribution in [0.5, 0.6) is 0 Å². The maximum atomic E-state index is 12.4. The molecule has 0 atom stereocenters. The molecule has 1 aliphatic heterocycles. The Morgan fingerprint density at radius 1 is 1.09 bits per heavy atom. The van der Waals surface area contributed by atoms with Gasteiger partial charge in [-0.3, -0.25) is 10.1 Å². The molecule has 0 saturated heterocycles. The van der Waals surface area contributed by atoms with E-state index in [0.29, 0.717) is 33.4 Å². The Balaban J connectivity index is 1.53. The molecule has 1 heterocycles. The second-order valence-corrected chi connectivity index (χ2v) is 8.87. The van der Waals surface area contributed by atoms with Crippen LogP contribution in [0.4, 0.5) is 11.4 Å². The van der Waals surface area contributed by atoms with E-state index in [4.69, 9.17) is 35.4 Å². The van der Waals surface area contributed by atoms with Crippen molar-refractivity contribution >= 4 is 57.8 Å². The Bertz CT molecular complexity index is 1260. The van der Waals surface area contributed by atoms with E-state index in [9.17, 15) is 10.1 Å². The SMILES string of the molecule is N#Cc1c(NC(=S)NC(=O)c2ccccc2)ccc2c1CCCN2Cc1ccc(Cl)c(Cl)c1. The smallest absolute Gasteiger partial charge is 0.257 e. The fraction of sp³-hybridized carbons (Fsp3) is 0.160. The van der Waals surface area contributed by atoms with Gasteiger partial charge in [0.1, 0.15) is 6.07 Å². The van der Waals surface area contributed by atoms with Crippen molar-refractivity contribution in [2.45, 2.75) is 19.4 Å². The molecule has 8 heteroatoms. The molecule has 5 nitrogen and oxygen atoms in total. The zero-order valence-electron chi connectivity index (χ0n) is 17.6. The third-order valence-corrected chi connectivity index (χ3v) is 6.41. The van der Waals surface area contributed by atoms with E-state index in [0.717, 1.165) is 36.2 Å². The lowest BCUT2D eigenvalue weighted by Gasteiger charge is -2.32. The number of nitrogens with one attached hydrogen (secondary N) is 2. The molecule has 0 aromatic heterocycles. The number of hydrogen-bond donors (Lipinski definition) is 2. The molecule has 3 aromatic rings. The zero-order valence-corrected chi connectivity index (χ0v) is 19.9. The first-order chi connectivity index (χ1) is 16.0. The first kappa shape index (κ1) is 23.1. The van der Waals surface area contributed by atoms with E-state index >= 15 is 0 Å². The zero-order chi connectivity index (χ0) is 23.4. The molecule has 3 aromatic carbocycles. The lowest BCUT2D eigenvalue weighted by molar-refractivity contribution is 0.0977. The number of anilines is 2. The van der Waals surface area contributed by atoms with Gasteiger partial charge in [0.05, 0.1) is 21.3 Å². The number of amides is 1. The van der Waals surface area contributed by atoms with Crippen LogP contribution >= 0.6 is 35.4 Å². The molecule has 1 amide bonds. The van der Waals surface area contributed by atoms with Crippen LogP contribution in [0.1, 0.15) is 33.5 Å². The Labute approximate surface area is 207 Å². The molecule has 0 spiro atoms.